The lowest BCUT2D eigenvalue weighted by Crippen LogP contribution is -2.29. The number of hydrogen-bond donors (Lipinski definition) is 2. The van der Waals surface area contributed by atoms with Gasteiger partial charge in [-0.05, 0) is 48.9 Å². The Labute approximate surface area is 192 Å². The van der Waals surface area contributed by atoms with E-state index in [1.807, 2.05) is 36.4 Å². The summed E-state index contributed by atoms with van der Waals surface area (Å²) in [5.41, 5.74) is 2.49. The van der Waals surface area contributed by atoms with Crippen LogP contribution in [0.2, 0.25) is 5.02 Å². The predicted octanol–water partition coefficient (Wildman–Crippen LogP) is 4.58. The number of benzene rings is 2. The van der Waals surface area contributed by atoms with Crippen molar-refractivity contribution in [1.29, 1.82) is 0 Å². The molecule has 4 rings (SSSR count). The van der Waals surface area contributed by atoms with Gasteiger partial charge in [0.1, 0.15) is 6.54 Å². The highest BCUT2D eigenvalue weighted by molar-refractivity contribution is 9.10. The Bertz CT molecular complexity index is 1320. The van der Waals surface area contributed by atoms with Crippen LogP contribution < -0.4 is 16.1 Å². The third-order valence-electron chi connectivity index (χ3n) is 4.95. The quantitative estimate of drug-likeness (QED) is 0.365. The number of carbonyl (C=O) groups is 1. The first kappa shape index (κ1) is 21.3. The van der Waals surface area contributed by atoms with Gasteiger partial charge in [-0.15, -0.1) is 0 Å². The average molecular weight is 500 g/mol. The number of amides is 1. The van der Waals surface area contributed by atoms with Gasteiger partial charge in [0, 0.05) is 57.5 Å². The molecule has 0 spiro atoms. The maximum Gasteiger partial charge on any atom is 0.239 e. The van der Waals surface area contributed by atoms with Gasteiger partial charge in [-0.2, -0.15) is 0 Å². The molecule has 0 aliphatic heterocycles. The first-order valence-electron chi connectivity index (χ1n) is 9.85. The zero-order chi connectivity index (χ0) is 21.8. The molecule has 6 nitrogen and oxygen atoms in total. The molecule has 158 valence electrons. The summed E-state index contributed by atoms with van der Waals surface area (Å²) in [5, 5.41) is 8.57. The molecule has 2 heterocycles. The molecule has 0 aliphatic rings. The number of nitrogens with zero attached hydrogens (tertiary/aromatic N) is 2. The topological polar surface area (TPSA) is 76.0 Å². The molecule has 31 heavy (non-hydrogen) atoms. The van der Waals surface area contributed by atoms with E-state index in [-0.39, 0.29) is 17.9 Å². The summed E-state index contributed by atoms with van der Waals surface area (Å²) >= 11 is 9.41. The number of halogens is 2. The molecule has 0 saturated heterocycles. The molecule has 0 radical (unpaired) electrons. The fourth-order valence-electron chi connectivity index (χ4n) is 3.45. The second kappa shape index (κ2) is 9.49. The molecule has 0 unspecified atom stereocenters. The standard InChI is InChI=1S/C23H20BrClN4O2/c24-15-2-5-21-18(12-15)22(30)7-11-29(21)14-23(31)28-9-1-8-26-19-6-10-27-20-13-16(25)3-4-17(19)20/h2-7,10-13H,1,8-9,14H2,(H,26,27)(H,28,31). The summed E-state index contributed by atoms with van der Waals surface area (Å²) in [5.74, 6) is -0.100. The molecule has 0 bridgehead atoms. The Morgan fingerprint density at radius 3 is 2.81 bits per heavy atom. The second-order valence-electron chi connectivity index (χ2n) is 7.12. The Hall–Kier alpha value is -2.90. The van der Waals surface area contributed by atoms with E-state index in [0.29, 0.717) is 23.5 Å². The molecule has 0 saturated carbocycles. The van der Waals surface area contributed by atoms with Crippen molar-refractivity contribution in [3.63, 3.8) is 0 Å². The number of anilines is 1. The second-order valence-corrected chi connectivity index (χ2v) is 8.47. The highest BCUT2D eigenvalue weighted by atomic mass is 79.9. The number of hydrogen-bond acceptors (Lipinski definition) is 4. The molecule has 4 aromatic rings. The number of carbonyl (C=O) groups excluding carboxylic acids is 1. The average Bonchev–Trinajstić information content (AvgIpc) is 2.75. The zero-order valence-electron chi connectivity index (χ0n) is 16.6. The van der Waals surface area contributed by atoms with Gasteiger partial charge in [-0.3, -0.25) is 14.6 Å². The third-order valence-corrected chi connectivity index (χ3v) is 5.68. The van der Waals surface area contributed by atoms with Crippen LogP contribution in [0, 0.1) is 0 Å². The summed E-state index contributed by atoms with van der Waals surface area (Å²) in [6.45, 7) is 1.41. The van der Waals surface area contributed by atoms with Crippen molar-refractivity contribution in [2.45, 2.75) is 13.0 Å². The van der Waals surface area contributed by atoms with Gasteiger partial charge in [0.2, 0.25) is 5.91 Å². The van der Waals surface area contributed by atoms with Crippen molar-refractivity contribution >= 4 is 60.9 Å². The van der Waals surface area contributed by atoms with Crippen LogP contribution in [-0.4, -0.2) is 28.5 Å². The Morgan fingerprint density at radius 2 is 1.94 bits per heavy atom. The summed E-state index contributed by atoms with van der Waals surface area (Å²) in [7, 11) is 0. The van der Waals surface area contributed by atoms with Crippen molar-refractivity contribution in [1.82, 2.24) is 14.9 Å². The summed E-state index contributed by atoms with van der Waals surface area (Å²) in [6.07, 6.45) is 4.16. The van der Waals surface area contributed by atoms with Crippen LogP contribution >= 0.6 is 27.5 Å². The fourth-order valence-corrected chi connectivity index (χ4v) is 3.97. The molecule has 2 N–H and O–H groups in total. The van der Waals surface area contributed by atoms with E-state index in [1.165, 1.54) is 6.07 Å². The normalized spacial score (nSPS) is 11.0. The molecule has 2 aromatic carbocycles. The van der Waals surface area contributed by atoms with E-state index in [9.17, 15) is 9.59 Å². The molecule has 2 aromatic heterocycles. The van der Waals surface area contributed by atoms with E-state index in [2.05, 4.69) is 31.5 Å². The summed E-state index contributed by atoms with van der Waals surface area (Å²) < 4.78 is 2.61. The molecular formula is C23H20BrClN4O2. The largest absolute Gasteiger partial charge is 0.384 e. The lowest BCUT2D eigenvalue weighted by Gasteiger charge is -2.12. The first-order valence-corrected chi connectivity index (χ1v) is 11.0. The van der Waals surface area contributed by atoms with Gasteiger partial charge < -0.3 is 15.2 Å². The Balaban J connectivity index is 1.30. The number of rotatable bonds is 7. The monoisotopic (exact) mass is 498 g/mol. The minimum absolute atomic E-state index is 0.0649. The van der Waals surface area contributed by atoms with Crippen molar-refractivity contribution in [2.75, 3.05) is 18.4 Å². The van der Waals surface area contributed by atoms with E-state index in [4.69, 9.17) is 11.6 Å². The lowest BCUT2D eigenvalue weighted by atomic mass is 10.2. The molecule has 1 amide bonds. The van der Waals surface area contributed by atoms with Gasteiger partial charge in [-0.1, -0.05) is 27.5 Å². The minimum Gasteiger partial charge on any atom is -0.384 e. The van der Waals surface area contributed by atoms with Crippen LogP contribution in [0.3, 0.4) is 0 Å². The van der Waals surface area contributed by atoms with Gasteiger partial charge in [0.15, 0.2) is 5.43 Å². The number of aromatic nitrogens is 2. The van der Waals surface area contributed by atoms with Gasteiger partial charge in [-0.25, -0.2) is 0 Å². The number of nitrogens with one attached hydrogen (secondary N) is 2. The first-order chi connectivity index (χ1) is 15.0. The predicted molar refractivity (Wildman–Crippen MR) is 129 cm³/mol. The summed E-state index contributed by atoms with van der Waals surface area (Å²) in [4.78, 5) is 28.8. The lowest BCUT2D eigenvalue weighted by molar-refractivity contribution is -0.121. The molecule has 8 heteroatoms. The van der Waals surface area contributed by atoms with Crippen LogP contribution in [-0.2, 0) is 11.3 Å². The van der Waals surface area contributed by atoms with Crippen LogP contribution in [0.4, 0.5) is 5.69 Å². The van der Waals surface area contributed by atoms with Crippen molar-refractivity contribution < 1.29 is 4.79 Å². The minimum atomic E-state index is -0.100. The van der Waals surface area contributed by atoms with Crippen molar-refractivity contribution in [2.24, 2.45) is 0 Å². The SMILES string of the molecule is O=C(Cn1ccc(=O)c2cc(Br)ccc21)NCCCNc1ccnc2cc(Cl)ccc12. The van der Waals surface area contributed by atoms with E-state index in [0.717, 1.165) is 33.0 Å². The molecular weight excluding hydrogens is 480 g/mol. The van der Waals surface area contributed by atoms with Gasteiger partial charge >= 0.3 is 0 Å². The Kier molecular flexibility index (Phi) is 6.53. The smallest absolute Gasteiger partial charge is 0.239 e. The maximum atomic E-state index is 12.4. The summed E-state index contributed by atoms with van der Waals surface area (Å²) in [6, 6.07) is 14.5. The highest BCUT2D eigenvalue weighted by Gasteiger charge is 2.08. The van der Waals surface area contributed by atoms with Gasteiger partial charge in [0.25, 0.3) is 0 Å². The van der Waals surface area contributed by atoms with E-state index < -0.39 is 0 Å². The molecule has 0 atom stereocenters. The number of pyridine rings is 2. The Morgan fingerprint density at radius 1 is 1.06 bits per heavy atom. The van der Waals surface area contributed by atoms with E-state index in [1.54, 1.807) is 23.0 Å². The zero-order valence-corrected chi connectivity index (χ0v) is 18.9. The van der Waals surface area contributed by atoms with Crippen molar-refractivity contribution in [3.05, 3.63) is 80.6 Å². The highest BCUT2D eigenvalue weighted by Crippen LogP contribution is 2.24. The fraction of sp³-hybridized carbons (Fsp3) is 0.174. The van der Waals surface area contributed by atoms with Crippen LogP contribution in [0.25, 0.3) is 21.8 Å². The van der Waals surface area contributed by atoms with Crippen LogP contribution in [0.5, 0.6) is 0 Å². The third kappa shape index (κ3) is 5.06. The van der Waals surface area contributed by atoms with E-state index >= 15 is 0 Å². The van der Waals surface area contributed by atoms with Crippen molar-refractivity contribution in [3.8, 4) is 0 Å². The number of fused-ring (bicyclic) bond motifs is 2. The van der Waals surface area contributed by atoms with Gasteiger partial charge in [0.05, 0.1) is 11.0 Å². The van der Waals surface area contributed by atoms with Crippen LogP contribution in [0.1, 0.15) is 6.42 Å². The molecule has 0 fully saturated rings. The van der Waals surface area contributed by atoms with Crippen LogP contribution in [0.15, 0.2) is 70.2 Å². The maximum absolute atomic E-state index is 12.4. The molecule has 0 aliphatic carbocycles.